The van der Waals surface area contributed by atoms with Crippen molar-refractivity contribution >= 4 is 5.91 Å². The van der Waals surface area contributed by atoms with Crippen LogP contribution in [0.25, 0.3) is 0 Å². The van der Waals surface area contributed by atoms with Gasteiger partial charge in [0.05, 0.1) is 13.0 Å². The number of hydrogen-bond acceptors (Lipinski definition) is 3. The van der Waals surface area contributed by atoms with E-state index in [-0.39, 0.29) is 18.9 Å². The van der Waals surface area contributed by atoms with Gasteiger partial charge in [-0.2, -0.15) is 0 Å². The number of nitrogens with zero attached hydrogens (tertiary/aromatic N) is 1. The second-order valence-electron chi connectivity index (χ2n) is 3.33. The average molecular weight is 238 g/mol. The van der Waals surface area contributed by atoms with Crippen molar-refractivity contribution in [1.82, 2.24) is 4.90 Å². The van der Waals surface area contributed by atoms with Crippen molar-refractivity contribution in [1.29, 1.82) is 0 Å². The van der Waals surface area contributed by atoms with E-state index in [0.29, 0.717) is 19.6 Å². The van der Waals surface area contributed by atoms with Gasteiger partial charge in [-0.05, 0) is 19.9 Å². The van der Waals surface area contributed by atoms with Gasteiger partial charge in [-0.3, -0.25) is 4.79 Å². The zero-order valence-electron chi connectivity index (χ0n) is 9.62. The molecule has 0 radical (unpaired) electrons. The van der Waals surface area contributed by atoms with Gasteiger partial charge in [0.1, 0.15) is 6.61 Å². The van der Waals surface area contributed by atoms with E-state index in [1.165, 1.54) is 0 Å². The Labute approximate surface area is 94.7 Å². The van der Waals surface area contributed by atoms with E-state index >= 15 is 0 Å². The first-order chi connectivity index (χ1) is 7.61. The van der Waals surface area contributed by atoms with E-state index in [1.54, 1.807) is 4.90 Å². The minimum atomic E-state index is -2.48. The summed E-state index contributed by atoms with van der Waals surface area (Å²) in [5.41, 5.74) is 5.34. The average Bonchev–Trinajstić information content (AvgIpc) is 2.25. The molecule has 6 heteroatoms. The number of nitrogens with two attached hydrogens (primary N) is 1. The summed E-state index contributed by atoms with van der Waals surface area (Å²) in [6, 6.07) is 0. The van der Waals surface area contributed by atoms with Crippen LogP contribution in [0.5, 0.6) is 0 Å². The van der Waals surface area contributed by atoms with E-state index in [0.717, 1.165) is 6.42 Å². The Hall–Kier alpha value is -0.750. The van der Waals surface area contributed by atoms with Crippen LogP contribution in [0.2, 0.25) is 0 Å². The first kappa shape index (κ1) is 15.2. The molecule has 0 aliphatic heterocycles. The van der Waals surface area contributed by atoms with Gasteiger partial charge in [0.25, 0.3) is 6.43 Å². The van der Waals surface area contributed by atoms with Gasteiger partial charge >= 0.3 is 0 Å². The Bertz CT molecular complexity index is 192. The molecule has 0 aromatic heterocycles. The number of rotatable bonds is 9. The van der Waals surface area contributed by atoms with E-state index in [4.69, 9.17) is 5.73 Å². The summed E-state index contributed by atoms with van der Waals surface area (Å²) in [7, 11) is 0. The molecule has 2 N–H and O–H groups in total. The molecule has 4 nitrogen and oxygen atoms in total. The van der Waals surface area contributed by atoms with E-state index in [2.05, 4.69) is 4.74 Å². The summed E-state index contributed by atoms with van der Waals surface area (Å²) in [6.07, 6.45) is -1.59. The number of carbonyl (C=O) groups excluding carboxylic acids is 1. The molecule has 0 atom stereocenters. The standard InChI is InChI=1S/C10H20F2N2O2/c1-2-14(6-3-5-13)10(15)4-7-16-8-9(11)12/h9H,2-8,13H2,1H3. The molecular weight excluding hydrogens is 218 g/mol. The second-order valence-corrected chi connectivity index (χ2v) is 3.33. The largest absolute Gasteiger partial charge is 0.375 e. The van der Waals surface area contributed by atoms with Crippen LogP contribution < -0.4 is 5.73 Å². The summed E-state index contributed by atoms with van der Waals surface area (Å²) < 4.78 is 28.1. The first-order valence-corrected chi connectivity index (χ1v) is 5.45. The molecule has 0 fully saturated rings. The van der Waals surface area contributed by atoms with Crippen molar-refractivity contribution in [3.8, 4) is 0 Å². The van der Waals surface area contributed by atoms with Crippen molar-refractivity contribution in [2.75, 3.05) is 32.8 Å². The van der Waals surface area contributed by atoms with Gasteiger partial charge in [0.2, 0.25) is 5.91 Å². The van der Waals surface area contributed by atoms with Gasteiger partial charge in [-0.15, -0.1) is 0 Å². The summed E-state index contributed by atoms with van der Waals surface area (Å²) in [4.78, 5) is 13.2. The third-order valence-corrected chi connectivity index (χ3v) is 2.07. The van der Waals surface area contributed by atoms with E-state index in [1.807, 2.05) is 6.92 Å². The van der Waals surface area contributed by atoms with Crippen molar-refractivity contribution in [2.24, 2.45) is 5.73 Å². The SMILES string of the molecule is CCN(CCCN)C(=O)CCOCC(F)F. The van der Waals surface area contributed by atoms with E-state index < -0.39 is 13.0 Å². The highest BCUT2D eigenvalue weighted by atomic mass is 19.3. The van der Waals surface area contributed by atoms with Gasteiger partial charge in [0, 0.05) is 13.1 Å². The van der Waals surface area contributed by atoms with Crippen molar-refractivity contribution in [3.63, 3.8) is 0 Å². The van der Waals surface area contributed by atoms with Crippen LogP contribution in [0.3, 0.4) is 0 Å². The van der Waals surface area contributed by atoms with Crippen LogP contribution in [-0.4, -0.2) is 50.1 Å². The molecule has 0 saturated heterocycles. The third-order valence-electron chi connectivity index (χ3n) is 2.07. The molecule has 0 unspecified atom stereocenters. The lowest BCUT2D eigenvalue weighted by molar-refractivity contribution is -0.132. The lowest BCUT2D eigenvalue weighted by Crippen LogP contribution is -2.33. The zero-order valence-corrected chi connectivity index (χ0v) is 9.62. The summed E-state index contributed by atoms with van der Waals surface area (Å²) in [5, 5.41) is 0. The molecule has 0 aliphatic rings. The number of hydrogen-bond donors (Lipinski definition) is 1. The van der Waals surface area contributed by atoms with Crippen molar-refractivity contribution in [2.45, 2.75) is 26.2 Å². The van der Waals surface area contributed by atoms with Crippen LogP contribution in [0.4, 0.5) is 8.78 Å². The minimum absolute atomic E-state index is 0.0439. The highest BCUT2D eigenvalue weighted by Gasteiger charge is 2.11. The Morgan fingerprint density at radius 1 is 1.50 bits per heavy atom. The lowest BCUT2D eigenvalue weighted by Gasteiger charge is -2.20. The number of carbonyl (C=O) groups is 1. The molecule has 0 rings (SSSR count). The molecule has 0 aromatic carbocycles. The number of halogens is 2. The van der Waals surface area contributed by atoms with Gasteiger partial charge < -0.3 is 15.4 Å². The Kier molecular flexibility index (Phi) is 9.03. The van der Waals surface area contributed by atoms with E-state index in [9.17, 15) is 13.6 Å². The summed E-state index contributed by atoms with van der Waals surface area (Å²) in [5.74, 6) is -0.0785. The maximum atomic E-state index is 11.7. The van der Waals surface area contributed by atoms with Crippen LogP contribution in [0.1, 0.15) is 19.8 Å². The summed E-state index contributed by atoms with van der Waals surface area (Å²) >= 11 is 0. The Balaban J connectivity index is 3.66. The number of ether oxygens (including phenoxy) is 1. The van der Waals surface area contributed by atoms with Crippen molar-refractivity contribution in [3.05, 3.63) is 0 Å². The quantitative estimate of drug-likeness (QED) is 0.606. The number of alkyl halides is 2. The maximum absolute atomic E-state index is 11.7. The molecule has 0 aliphatic carbocycles. The van der Waals surface area contributed by atoms with Crippen LogP contribution >= 0.6 is 0 Å². The molecule has 16 heavy (non-hydrogen) atoms. The highest BCUT2D eigenvalue weighted by Crippen LogP contribution is 1.98. The third kappa shape index (κ3) is 7.53. The predicted octanol–water partition coefficient (Wildman–Crippen LogP) is 0.855. The normalized spacial score (nSPS) is 10.8. The fourth-order valence-electron chi connectivity index (χ4n) is 1.23. The predicted molar refractivity (Wildman–Crippen MR) is 57.4 cm³/mol. The van der Waals surface area contributed by atoms with Gasteiger partial charge in [-0.1, -0.05) is 0 Å². The summed E-state index contributed by atoms with van der Waals surface area (Å²) in [6.45, 7) is 3.05. The Morgan fingerprint density at radius 2 is 2.19 bits per heavy atom. The molecule has 96 valence electrons. The molecule has 0 saturated carbocycles. The topological polar surface area (TPSA) is 55.6 Å². The monoisotopic (exact) mass is 238 g/mol. The smallest absolute Gasteiger partial charge is 0.261 e. The first-order valence-electron chi connectivity index (χ1n) is 5.45. The lowest BCUT2D eigenvalue weighted by atomic mass is 10.3. The molecule has 0 aromatic rings. The van der Waals surface area contributed by atoms with Gasteiger partial charge in [-0.25, -0.2) is 8.78 Å². The molecule has 0 heterocycles. The maximum Gasteiger partial charge on any atom is 0.261 e. The molecule has 0 spiro atoms. The van der Waals surface area contributed by atoms with Crippen LogP contribution in [-0.2, 0) is 9.53 Å². The molecular formula is C10H20F2N2O2. The van der Waals surface area contributed by atoms with Crippen LogP contribution in [0, 0.1) is 0 Å². The fourth-order valence-corrected chi connectivity index (χ4v) is 1.23. The van der Waals surface area contributed by atoms with Crippen LogP contribution in [0.15, 0.2) is 0 Å². The Morgan fingerprint density at radius 3 is 2.69 bits per heavy atom. The van der Waals surface area contributed by atoms with Crippen molar-refractivity contribution < 1.29 is 18.3 Å². The zero-order chi connectivity index (χ0) is 12.4. The fraction of sp³-hybridized carbons (Fsp3) is 0.900. The highest BCUT2D eigenvalue weighted by molar-refractivity contribution is 5.76. The van der Waals surface area contributed by atoms with Gasteiger partial charge in [0.15, 0.2) is 0 Å². The molecule has 0 bridgehead atoms. The molecule has 1 amide bonds. The number of amides is 1. The minimum Gasteiger partial charge on any atom is -0.375 e. The second kappa shape index (κ2) is 9.47.